The molecular weight excluding hydrogens is 301 g/mol. The van der Waals surface area contributed by atoms with Gasteiger partial charge in [-0.05, 0) is 42.2 Å². The van der Waals surface area contributed by atoms with Gasteiger partial charge in [-0.1, -0.05) is 49.4 Å². The van der Waals surface area contributed by atoms with Gasteiger partial charge >= 0.3 is 0 Å². The maximum atomic E-state index is 13.3. The van der Waals surface area contributed by atoms with Crippen molar-refractivity contribution in [3.05, 3.63) is 77.2 Å². The van der Waals surface area contributed by atoms with E-state index in [1.54, 1.807) is 12.1 Å². The first-order chi connectivity index (χ1) is 11.7. The highest BCUT2D eigenvalue weighted by atomic mass is 19.1. The molecule has 0 aliphatic rings. The second-order valence-corrected chi connectivity index (χ2v) is 5.67. The molecule has 2 aromatic carbocycles. The zero-order valence-electron chi connectivity index (χ0n) is 13.7. The largest absolute Gasteiger partial charge is 0.298 e. The minimum Gasteiger partial charge on any atom is -0.298 e. The van der Waals surface area contributed by atoms with E-state index < -0.39 is 0 Å². The Bertz CT molecular complexity index is 871. The van der Waals surface area contributed by atoms with E-state index in [1.165, 1.54) is 12.1 Å². The number of rotatable bonds is 4. The number of aromatic nitrogens is 1. The van der Waals surface area contributed by atoms with Crippen LogP contribution in [0.4, 0.5) is 4.39 Å². The Hall–Kier alpha value is -2.81. The Morgan fingerprint density at radius 2 is 1.67 bits per heavy atom. The van der Waals surface area contributed by atoms with E-state index in [-0.39, 0.29) is 5.82 Å². The van der Waals surface area contributed by atoms with Crippen molar-refractivity contribution < 1.29 is 9.18 Å². The average molecular weight is 319 g/mol. The summed E-state index contributed by atoms with van der Waals surface area (Å²) in [5, 5.41) is 0. The summed E-state index contributed by atoms with van der Waals surface area (Å²) >= 11 is 0. The summed E-state index contributed by atoms with van der Waals surface area (Å²) in [7, 11) is 0. The molecule has 120 valence electrons. The zero-order chi connectivity index (χ0) is 17.1. The fourth-order valence-corrected chi connectivity index (χ4v) is 3.01. The summed E-state index contributed by atoms with van der Waals surface area (Å²) < 4.78 is 13.3. The molecule has 1 heterocycles. The minimum atomic E-state index is -0.294. The summed E-state index contributed by atoms with van der Waals surface area (Å²) in [6, 6.07) is 16.1. The van der Waals surface area contributed by atoms with Crippen LogP contribution in [0, 0.1) is 12.7 Å². The molecular formula is C21H18FNO. The summed E-state index contributed by atoms with van der Waals surface area (Å²) in [6.07, 6.45) is 1.51. The third-order valence-electron chi connectivity index (χ3n) is 4.19. The van der Waals surface area contributed by atoms with Crippen molar-refractivity contribution >= 4 is 6.29 Å². The molecule has 0 aliphatic carbocycles. The highest BCUT2D eigenvalue weighted by molar-refractivity contribution is 5.92. The molecule has 1 aromatic heterocycles. The van der Waals surface area contributed by atoms with Gasteiger partial charge in [-0.3, -0.25) is 9.78 Å². The van der Waals surface area contributed by atoms with Gasteiger partial charge in [0, 0.05) is 11.1 Å². The molecule has 2 nitrogen and oxygen atoms in total. The summed E-state index contributed by atoms with van der Waals surface area (Å²) in [6.45, 7) is 3.94. The van der Waals surface area contributed by atoms with E-state index in [1.807, 2.05) is 44.2 Å². The smallest absolute Gasteiger partial charge is 0.152 e. The lowest BCUT2D eigenvalue weighted by atomic mass is 9.91. The number of pyridine rings is 1. The topological polar surface area (TPSA) is 30.0 Å². The first-order valence-corrected chi connectivity index (χ1v) is 7.95. The van der Waals surface area contributed by atoms with E-state index in [9.17, 15) is 9.18 Å². The quantitative estimate of drug-likeness (QED) is 0.616. The molecule has 0 saturated heterocycles. The van der Waals surface area contributed by atoms with Crippen LogP contribution in [0.5, 0.6) is 0 Å². The molecule has 0 bridgehead atoms. The molecule has 0 fully saturated rings. The number of aldehydes is 1. The minimum absolute atomic E-state index is 0.294. The van der Waals surface area contributed by atoms with E-state index in [2.05, 4.69) is 0 Å². The van der Waals surface area contributed by atoms with Crippen molar-refractivity contribution in [2.45, 2.75) is 20.3 Å². The van der Waals surface area contributed by atoms with Gasteiger partial charge in [-0.2, -0.15) is 0 Å². The molecule has 0 amide bonds. The number of carbonyl (C=O) groups excluding carboxylic acids is 1. The highest BCUT2D eigenvalue weighted by Gasteiger charge is 2.18. The number of hydrogen-bond acceptors (Lipinski definition) is 2. The standard InChI is InChI=1S/C21H18FNO/c1-3-19-18(13-24)20(15-9-11-17(22)12-10-15)14(2)21(23-19)16-7-5-4-6-8-16/h4-13H,3H2,1-2H3. The monoisotopic (exact) mass is 319 g/mol. The first kappa shape index (κ1) is 16.1. The summed E-state index contributed by atoms with van der Waals surface area (Å²) in [4.78, 5) is 16.5. The van der Waals surface area contributed by atoms with Gasteiger partial charge in [0.25, 0.3) is 0 Å². The van der Waals surface area contributed by atoms with Gasteiger partial charge in [0.1, 0.15) is 5.82 Å². The Labute approximate surface area is 141 Å². The van der Waals surface area contributed by atoms with Crippen LogP contribution in [-0.2, 0) is 6.42 Å². The van der Waals surface area contributed by atoms with E-state index in [0.29, 0.717) is 12.0 Å². The molecule has 0 atom stereocenters. The molecule has 0 spiro atoms. The third-order valence-corrected chi connectivity index (χ3v) is 4.19. The number of halogens is 1. The molecule has 24 heavy (non-hydrogen) atoms. The van der Waals surface area contributed by atoms with Crippen molar-refractivity contribution in [3.8, 4) is 22.4 Å². The number of carbonyl (C=O) groups is 1. The van der Waals surface area contributed by atoms with Crippen molar-refractivity contribution in [1.29, 1.82) is 0 Å². The van der Waals surface area contributed by atoms with Crippen LogP contribution in [0.3, 0.4) is 0 Å². The van der Waals surface area contributed by atoms with Crippen molar-refractivity contribution in [2.75, 3.05) is 0 Å². The lowest BCUT2D eigenvalue weighted by molar-refractivity contribution is 0.112. The molecule has 3 rings (SSSR count). The SMILES string of the molecule is CCc1nc(-c2ccccc2)c(C)c(-c2ccc(F)cc2)c1C=O. The maximum absolute atomic E-state index is 13.3. The van der Waals surface area contributed by atoms with Gasteiger partial charge in [-0.25, -0.2) is 4.39 Å². The highest BCUT2D eigenvalue weighted by Crippen LogP contribution is 2.34. The lowest BCUT2D eigenvalue weighted by Crippen LogP contribution is -2.04. The van der Waals surface area contributed by atoms with Gasteiger partial charge in [0.2, 0.25) is 0 Å². The molecule has 0 N–H and O–H groups in total. The Kier molecular flexibility index (Phi) is 4.52. The average Bonchev–Trinajstić information content (AvgIpc) is 2.63. The van der Waals surface area contributed by atoms with Crippen molar-refractivity contribution in [1.82, 2.24) is 4.98 Å². The Morgan fingerprint density at radius 3 is 2.25 bits per heavy atom. The van der Waals surface area contributed by atoms with Gasteiger partial charge in [0.15, 0.2) is 6.29 Å². The number of aryl methyl sites for hydroxylation is 1. The molecule has 3 aromatic rings. The molecule has 3 heteroatoms. The molecule has 0 aliphatic heterocycles. The van der Waals surface area contributed by atoms with E-state index in [0.717, 1.165) is 39.9 Å². The number of hydrogen-bond donors (Lipinski definition) is 0. The first-order valence-electron chi connectivity index (χ1n) is 7.95. The molecule has 0 radical (unpaired) electrons. The maximum Gasteiger partial charge on any atom is 0.152 e. The predicted octanol–water partition coefficient (Wildman–Crippen LogP) is 5.24. The predicted molar refractivity (Wildman–Crippen MR) is 94.6 cm³/mol. The second kappa shape index (κ2) is 6.75. The van der Waals surface area contributed by atoms with Crippen LogP contribution in [-0.4, -0.2) is 11.3 Å². The fourth-order valence-electron chi connectivity index (χ4n) is 3.01. The van der Waals surface area contributed by atoms with Gasteiger partial charge in [0.05, 0.1) is 11.4 Å². The van der Waals surface area contributed by atoms with Crippen LogP contribution >= 0.6 is 0 Å². The summed E-state index contributed by atoms with van der Waals surface area (Å²) in [5.74, 6) is -0.294. The molecule has 0 saturated carbocycles. The van der Waals surface area contributed by atoms with Crippen molar-refractivity contribution in [3.63, 3.8) is 0 Å². The van der Waals surface area contributed by atoms with Crippen LogP contribution < -0.4 is 0 Å². The van der Waals surface area contributed by atoms with Crippen LogP contribution in [0.1, 0.15) is 28.5 Å². The normalized spacial score (nSPS) is 10.6. The van der Waals surface area contributed by atoms with Crippen LogP contribution in [0.2, 0.25) is 0 Å². The van der Waals surface area contributed by atoms with Crippen molar-refractivity contribution in [2.24, 2.45) is 0 Å². The van der Waals surface area contributed by atoms with Crippen LogP contribution in [0.15, 0.2) is 54.6 Å². The fraction of sp³-hybridized carbons (Fsp3) is 0.143. The Morgan fingerprint density at radius 1 is 1.00 bits per heavy atom. The third kappa shape index (κ3) is 2.85. The second-order valence-electron chi connectivity index (χ2n) is 5.67. The number of nitrogens with zero attached hydrogens (tertiary/aromatic N) is 1. The van der Waals surface area contributed by atoms with Crippen LogP contribution in [0.25, 0.3) is 22.4 Å². The molecule has 0 unspecified atom stereocenters. The Balaban J connectivity index is 2.33. The van der Waals surface area contributed by atoms with E-state index >= 15 is 0 Å². The van der Waals surface area contributed by atoms with Gasteiger partial charge in [-0.15, -0.1) is 0 Å². The zero-order valence-corrected chi connectivity index (χ0v) is 13.7. The van der Waals surface area contributed by atoms with E-state index in [4.69, 9.17) is 4.98 Å². The number of benzene rings is 2. The summed E-state index contributed by atoms with van der Waals surface area (Å²) in [5.41, 5.74) is 5.78. The van der Waals surface area contributed by atoms with Gasteiger partial charge < -0.3 is 0 Å². The lowest BCUT2D eigenvalue weighted by Gasteiger charge is -2.17.